The van der Waals surface area contributed by atoms with E-state index >= 15 is 0 Å². The van der Waals surface area contributed by atoms with Crippen LogP contribution in [0.1, 0.15) is 6.42 Å². The zero-order valence-electron chi connectivity index (χ0n) is 10.8. The largest absolute Gasteiger partial charge is 0.391 e. The summed E-state index contributed by atoms with van der Waals surface area (Å²) in [6.07, 6.45) is 1.21. The molecule has 3 rings (SSSR count). The molecule has 0 unspecified atom stereocenters. The van der Waals surface area contributed by atoms with Gasteiger partial charge in [0.25, 0.3) is 0 Å². The number of hydrogen-bond donors (Lipinski definition) is 1. The first-order valence-electron chi connectivity index (χ1n) is 6.21. The van der Waals surface area contributed by atoms with E-state index in [2.05, 4.69) is 36.0 Å². The second-order valence-corrected chi connectivity index (χ2v) is 6.13. The topological polar surface area (TPSA) is 45.4 Å². The molecule has 0 radical (unpaired) electrons. The smallest absolute Gasteiger partial charge is 0.130 e. The van der Waals surface area contributed by atoms with Crippen LogP contribution in [0.25, 0.3) is 10.2 Å². The fourth-order valence-electron chi connectivity index (χ4n) is 2.47. The van der Waals surface area contributed by atoms with Gasteiger partial charge in [-0.1, -0.05) is 11.3 Å². The molecule has 3 heterocycles. The molecule has 1 saturated heterocycles. The van der Waals surface area contributed by atoms with Crippen molar-refractivity contribution in [3.8, 4) is 0 Å². The molecule has 2 aromatic heterocycles. The molecule has 0 spiro atoms. The molecular weight excluding hydrogens is 244 g/mol. The Morgan fingerprint density at radius 3 is 3.00 bits per heavy atom. The molecule has 1 atom stereocenters. The van der Waals surface area contributed by atoms with Gasteiger partial charge in [0.1, 0.15) is 10.6 Å². The van der Waals surface area contributed by atoms with Gasteiger partial charge in [0.15, 0.2) is 0 Å². The fraction of sp³-hybridized carbons (Fsp3) is 0.462. The minimum atomic E-state index is 0.635. The zero-order valence-corrected chi connectivity index (χ0v) is 11.6. The molecule has 96 valence electrons. The van der Waals surface area contributed by atoms with Gasteiger partial charge >= 0.3 is 0 Å². The maximum atomic E-state index is 5.81. The number of anilines is 2. The Bertz CT molecular complexity index is 563. The van der Waals surface area contributed by atoms with Gasteiger partial charge in [0.05, 0.1) is 5.00 Å². The molecule has 2 N–H and O–H groups in total. The summed E-state index contributed by atoms with van der Waals surface area (Å²) in [6.45, 7) is 2.15. The lowest BCUT2D eigenvalue weighted by atomic mass is 10.2. The third kappa shape index (κ3) is 2.04. The molecule has 0 amide bonds. The number of thiophene rings is 1. The normalized spacial score (nSPS) is 20.2. The summed E-state index contributed by atoms with van der Waals surface area (Å²) in [5.74, 6) is 1.08. The van der Waals surface area contributed by atoms with E-state index in [-0.39, 0.29) is 0 Å². The lowest BCUT2D eigenvalue weighted by molar-refractivity contribution is 0.315. The summed E-state index contributed by atoms with van der Waals surface area (Å²) in [6, 6.07) is 6.85. The average Bonchev–Trinajstić information content (AvgIpc) is 2.91. The van der Waals surface area contributed by atoms with Crippen LogP contribution < -0.4 is 10.6 Å². The van der Waals surface area contributed by atoms with Gasteiger partial charge in [-0.25, -0.2) is 4.98 Å². The van der Waals surface area contributed by atoms with Gasteiger partial charge in [-0.05, 0) is 38.7 Å². The fourth-order valence-corrected chi connectivity index (χ4v) is 3.27. The van der Waals surface area contributed by atoms with Crippen molar-refractivity contribution in [3.05, 3.63) is 18.2 Å². The molecule has 0 saturated carbocycles. The Kier molecular flexibility index (Phi) is 2.87. The predicted molar refractivity (Wildman–Crippen MR) is 78.3 cm³/mol. The maximum Gasteiger partial charge on any atom is 0.130 e. The SMILES string of the molecule is CN(C)[C@H]1CCN(c2ccc3cc(N)sc3n2)C1. The summed E-state index contributed by atoms with van der Waals surface area (Å²) in [4.78, 5) is 10.4. The first kappa shape index (κ1) is 11.7. The van der Waals surface area contributed by atoms with Crippen molar-refractivity contribution < 1.29 is 0 Å². The average molecular weight is 262 g/mol. The lowest BCUT2D eigenvalue weighted by Gasteiger charge is -2.21. The second kappa shape index (κ2) is 4.40. The standard InChI is InChI=1S/C13H18N4S/c1-16(2)10-5-6-17(8-10)12-4-3-9-7-11(14)18-13(9)15-12/h3-4,7,10H,5-6,8,14H2,1-2H3/t10-/m0/s1. The molecule has 1 fully saturated rings. The molecule has 5 heteroatoms. The van der Waals surface area contributed by atoms with Crippen molar-refractivity contribution >= 4 is 32.4 Å². The van der Waals surface area contributed by atoms with Crippen molar-refractivity contribution in [2.24, 2.45) is 0 Å². The van der Waals surface area contributed by atoms with Crippen molar-refractivity contribution in [1.29, 1.82) is 0 Å². The molecule has 1 aliphatic rings. The van der Waals surface area contributed by atoms with E-state index in [4.69, 9.17) is 10.7 Å². The molecule has 1 aliphatic heterocycles. The van der Waals surface area contributed by atoms with Crippen LogP contribution in [0.15, 0.2) is 18.2 Å². The molecule has 0 aromatic carbocycles. The number of rotatable bonds is 2. The third-order valence-corrected chi connectivity index (χ3v) is 4.48. The van der Waals surface area contributed by atoms with Crippen molar-refractivity contribution in [2.45, 2.75) is 12.5 Å². The number of nitrogen functional groups attached to an aromatic ring is 1. The van der Waals surface area contributed by atoms with Gasteiger partial charge in [-0.2, -0.15) is 0 Å². The van der Waals surface area contributed by atoms with E-state index in [9.17, 15) is 0 Å². The predicted octanol–water partition coefficient (Wildman–Crippen LogP) is 2.02. The lowest BCUT2D eigenvalue weighted by Crippen LogP contribution is -2.31. The molecule has 0 aliphatic carbocycles. The van der Waals surface area contributed by atoms with Crippen molar-refractivity contribution in [2.75, 3.05) is 37.8 Å². The van der Waals surface area contributed by atoms with E-state index < -0.39 is 0 Å². The van der Waals surface area contributed by atoms with E-state index in [0.717, 1.165) is 34.1 Å². The quantitative estimate of drug-likeness (QED) is 0.899. The van der Waals surface area contributed by atoms with Crippen molar-refractivity contribution in [1.82, 2.24) is 9.88 Å². The molecule has 0 bridgehead atoms. The van der Waals surface area contributed by atoms with Crippen LogP contribution in [0.2, 0.25) is 0 Å². The summed E-state index contributed by atoms with van der Waals surface area (Å²) < 4.78 is 0. The Hall–Kier alpha value is -1.33. The van der Waals surface area contributed by atoms with E-state index in [0.29, 0.717) is 6.04 Å². The first-order valence-corrected chi connectivity index (χ1v) is 7.02. The number of aromatic nitrogens is 1. The van der Waals surface area contributed by atoms with Gasteiger partial charge in [-0.3, -0.25) is 0 Å². The summed E-state index contributed by atoms with van der Waals surface area (Å²) in [5.41, 5.74) is 5.81. The number of pyridine rings is 1. The van der Waals surface area contributed by atoms with Crippen LogP contribution in [-0.2, 0) is 0 Å². The van der Waals surface area contributed by atoms with Crippen LogP contribution in [-0.4, -0.2) is 43.1 Å². The zero-order chi connectivity index (χ0) is 12.7. The molecular formula is C13H18N4S. The van der Waals surface area contributed by atoms with E-state index in [1.165, 1.54) is 6.42 Å². The third-order valence-electron chi connectivity index (χ3n) is 3.60. The minimum Gasteiger partial charge on any atom is -0.391 e. The van der Waals surface area contributed by atoms with Crippen LogP contribution in [0, 0.1) is 0 Å². The van der Waals surface area contributed by atoms with Crippen LogP contribution in [0.5, 0.6) is 0 Å². The van der Waals surface area contributed by atoms with Gasteiger partial charge < -0.3 is 15.5 Å². The highest BCUT2D eigenvalue weighted by Crippen LogP contribution is 2.29. The highest BCUT2D eigenvalue weighted by Gasteiger charge is 2.24. The molecule has 4 nitrogen and oxygen atoms in total. The van der Waals surface area contributed by atoms with Gasteiger partial charge in [-0.15, -0.1) is 0 Å². The Morgan fingerprint density at radius 1 is 1.44 bits per heavy atom. The van der Waals surface area contributed by atoms with Crippen LogP contribution in [0.3, 0.4) is 0 Å². The molecule has 18 heavy (non-hydrogen) atoms. The van der Waals surface area contributed by atoms with E-state index in [1.807, 2.05) is 6.07 Å². The molecule has 2 aromatic rings. The Balaban J connectivity index is 1.86. The monoisotopic (exact) mass is 262 g/mol. The van der Waals surface area contributed by atoms with Crippen LogP contribution >= 0.6 is 11.3 Å². The van der Waals surface area contributed by atoms with Crippen LogP contribution in [0.4, 0.5) is 10.8 Å². The highest BCUT2D eigenvalue weighted by molar-refractivity contribution is 7.22. The Labute approximate surface area is 111 Å². The van der Waals surface area contributed by atoms with Gasteiger partial charge in [0, 0.05) is 24.5 Å². The number of nitrogens with two attached hydrogens (primary N) is 1. The van der Waals surface area contributed by atoms with E-state index in [1.54, 1.807) is 11.3 Å². The van der Waals surface area contributed by atoms with Gasteiger partial charge in [0.2, 0.25) is 0 Å². The minimum absolute atomic E-state index is 0.635. The highest BCUT2D eigenvalue weighted by atomic mass is 32.1. The first-order chi connectivity index (χ1) is 8.63. The maximum absolute atomic E-state index is 5.81. The number of hydrogen-bond acceptors (Lipinski definition) is 5. The Morgan fingerprint density at radius 2 is 2.28 bits per heavy atom. The summed E-state index contributed by atoms with van der Waals surface area (Å²) >= 11 is 1.56. The van der Waals surface area contributed by atoms with Crippen molar-refractivity contribution in [3.63, 3.8) is 0 Å². The summed E-state index contributed by atoms with van der Waals surface area (Å²) in [5, 5.41) is 1.98. The number of fused-ring (bicyclic) bond motifs is 1. The summed E-state index contributed by atoms with van der Waals surface area (Å²) in [7, 11) is 4.29. The second-order valence-electron chi connectivity index (χ2n) is 5.06. The number of likely N-dealkylation sites (N-methyl/N-ethyl adjacent to an activating group) is 1. The number of nitrogens with zero attached hydrogens (tertiary/aromatic N) is 3.